The molecule has 13 heavy (non-hydrogen) atoms. The van der Waals surface area contributed by atoms with Crippen molar-refractivity contribution in [3.63, 3.8) is 0 Å². The Kier molecular flexibility index (Phi) is 2.02. The number of thiazole rings is 1. The van der Waals surface area contributed by atoms with Crippen LogP contribution in [0.3, 0.4) is 0 Å². The first-order valence-electron chi connectivity index (χ1n) is 4.01. The lowest BCUT2D eigenvalue weighted by atomic mass is 10.3. The van der Waals surface area contributed by atoms with E-state index in [4.69, 9.17) is 0 Å². The molecule has 3 heteroatoms. The monoisotopic (exact) mass is 191 g/mol. The molecule has 0 aliphatic heterocycles. The summed E-state index contributed by atoms with van der Waals surface area (Å²) >= 11 is 1.23. The van der Waals surface area contributed by atoms with E-state index < -0.39 is 0 Å². The molecule has 0 unspecified atom stereocenters. The van der Waals surface area contributed by atoms with Gasteiger partial charge >= 0.3 is 4.87 Å². The van der Waals surface area contributed by atoms with E-state index in [2.05, 4.69) is 0 Å². The summed E-state index contributed by atoms with van der Waals surface area (Å²) in [4.78, 5) is 11.5. The Balaban J connectivity index is 2.65. The van der Waals surface area contributed by atoms with Crippen molar-refractivity contribution in [2.24, 2.45) is 0 Å². The standard InChI is InChI=1S/C10H9NOS/c1-8-7-13-10(12)11(8)9-5-3-2-4-6-9/h2-7H,1H3. The third-order valence-corrected chi connectivity index (χ3v) is 2.72. The van der Waals surface area contributed by atoms with Gasteiger partial charge in [-0.15, -0.1) is 0 Å². The summed E-state index contributed by atoms with van der Waals surface area (Å²) in [5.74, 6) is 0. The van der Waals surface area contributed by atoms with E-state index in [1.54, 1.807) is 4.57 Å². The van der Waals surface area contributed by atoms with Crippen LogP contribution in [0.4, 0.5) is 0 Å². The summed E-state index contributed by atoms with van der Waals surface area (Å²) in [6, 6.07) is 9.66. The summed E-state index contributed by atoms with van der Waals surface area (Å²) in [6.45, 7) is 1.94. The molecular weight excluding hydrogens is 182 g/mol. The molecule has 1 heterocycles. The molecule has 2 rings (SSSR count). The van der Waals surface area contributed by atoms with Gasteiger partial charge in [0.2, 0.25) is 0 Å². The van der Waals surface area contributed by atoms with E-state index >= 15 is 0 Å². The van der Waals surface area contributed by atoms with Crippen LogP contribution in [0.15, 0.2) is 40.5 Å². The second-order valence-electron chi connectivity index (χ2n) is 2.81. The molecular formula is C10H9NOS. The Bertz CT molecular complexity index is 455. The van der Waals surface area contributed by atoms with Crippen molar-refractivity contribution in [1.29, 1.82) is 0 Å². The van der Waals surface area contributed by atoms with Gasteiger partial charge in [-0.3, -0.25) is 9.36 Å². The average Bonchev–Trinajstić information content (AvgIpc) is 2.48. The largest absolute Gasteiger partial charge is 0.311 e. The first-order chi connectivity index (χ1) is 6.29. The van der Waals surface area contributed by atoms with Gasteiger partial charge in [0.1, 0.15) is 0 Å². The van der Waals surface area contributed by atoms with Crippen molar-refractivity contribution in [2.75, 3.05) is 0 Å². The quantitative estimate of drug-likeness (QED) is 0.677. The van der Waals surface area contributed by atoms with Crippen molar-refractivity contribution in [3.8, 4) is 5.69 Å². The van der Waals surface area contributed by atoms with Gasteiger partial charge in [-0.05, 0) is 19.1 Å². The zero-order valence-electron chi connectivity index (χ0n) is 7.23. The number of hydrogen-bond acceptors (Lipinski definition) is 2. The molecule has 0 spiro atoms. The summed E-state index contributed by atoms with van der Waals surface area (Å²) in [7, 11) is 0. The maximum absolute atomic E-state index is 11.4. The van der Waals surface area contributed by atoms with Crippen molar-refractivity contribution in [3.05, 3.63) is 51.1 Å². The highest BCUT2D eigenvalue weighted by Crippen LogP contribution is 2.09. The first kappa shape index (κ1) is 8.26. The minimum absolute atomic E-state index is 0.0729. The van der Waals surface area contributed by atoms with Gasteiger partial charge in [0.15, 0.2) is 0 Å². The molecule has 0 saturated heterocycles. The van der Waals surface area contributed by atoms with E-state index in [0.717, 1.165) is 11.4 Å². The SMILES string of the molecule is Cc1csc(=O)n1-c1ccccc1. The second kappa shape index (κ2) is 3.18. The van der Waals surface area contributed by atoms with E-state index in [1.165, 1.54) is 11.3 Å². The van der Waals surface area contributed by atoms with Crippen molar-refractivity contribution >= 4 is 11.3 Å². The van der Waals surface area contributed by atoms with E-state index in [0.29, 0.717) is 0 Å². The molecule has 0 aliphatic rings. The Labute approximate surface area is 80.1 Å². The van der Waals surface area contributed by atoms with Gasteiger partial charge in [-0.25, -0.2) is 0 Å². The topological polar surface area (TPSA) is 22.0 Å². The smallest absolute Gasteiger partial charge is 0.272 e. The first-order valence-corrected chi connectivity index (χ1v) is 4.89. The third-order valence-electron chi connectivity index (χ3n) is 1.88. The van der Waals surface area contributed by atoms with Crippen LogP contribution in [0, 0.1) is 6.92 Å². The predicted molar refractivity (Wildman–Crippen MR) is 54.7 cm³/mol. The molecule has 2 nitrogen and oxygen atoms in total. The van der Waals surface area contributed by atoms with Crippen LogP contribution < -0.4 is 4.87 Å². The zero-order chi connectivity index (χ0) is 9.26. The summed E-state index contributed by atoms with van der Waals surface area (Å²) in [6.07, 6.45) is 0. The molecule has 0 aliphatic carbocycles. The predicted octanol–water partition coefficient (Wildman–Crippen LogP) is 2.21. The van der Waals surface area contributed by atoms with Gasteiger partial charge < -0.3 is 0 Å². The van der Waals surface area contributed by atoms with Crippen molar-refractivity contribution in [1.82, 2.24) is 4.57 Å². The van der Waals surface area contributed by atoms with E-state index in [9.17, 15) is 4.79 Å². The van der Waals surface area contributed by atoms with Crippen LogP contribution in [0.2, 0.25) is 0 Å². The minimum atomic E-state index is 0.0729. The van der Waals surface area contributed by atoms with Crippen LogP contribution in [0.5, 0.6) is 0 Å². The van der Waals surface area contributed by atoms with Crippen LogP contribution >= 0.6 is 11.3 Å². The highest BCUT2D eigenvalue weighted by Gasteiger charge is 2.02. The van der Waals surface area contributed by atoms with Crippen molar-refractivity contribution < 1.29 is 0 Å². The van der Waals surface area contributed by atoms with Crippen molar-refractivity contribution in [2.45, 2.75) is 6.92 Å². The fourth-order valence-electron chi connectivity index (χ4n) is 1.27. The Morgan fingerprint density at radius 3 is 2.46 bits per heavy atom. The lowest BCUT2D eigenvalue weighted by Gasteiger charge is -2.02. The Morgan fingerprint density at radius 1 is 1.23 bits per heavy atom. The molecule has 0 amide bonds. The molecule has 0 fully saturated rings. The van der Waals surface area contributed by atoms with Crippen LogP contribution in [0.25, 0.3) is 5.69 Å². The Morgan fingerprint density at radius 2 is 1.92 bits per heavy atom. The number of aromatic nitrogens is 1. The number of para-hydroxylation sites is 1. The minimum Gasteiger partial charge on any atom is -0.272 e. The molecule has 0 bridgehead atoms. The molecule has 0 radical (unpaired) electrons. The molecule has 2 aromatic rings. The maximum atomic E-state index is 11.4. The summed E-state index contributed by atoms with van der Waals surface area (Å²) in [5, 5.41) is 1.87. The highest BCUT2D eigenvalue weighted by molar-refractivity contribution is 7.07. The number of nitrogens with zero attached hydrogens (tertiary/aromatic N) is 1. The fraction of sp³-hybridized carbons (Fsp3) is 0.100. The molecule has 66 valence electrons. The number of benzene rings is 1. The lowest BCUT2D eigenvalue weighted by Crippen LogP contribution is -2.11. The van der Waals surface area contributed by atoms with Gasteiger partial charge in [-0.2, -0.15) is 0 Å². The van der Waals surface area contributed by atoms with Gasteiger partial charge in [0, 0.05) is 16.8 Å². The molecule has 0 atom stereocenters. The number of rotatable bonds is 1. The normalized spacial score (nSPS) is 10.2. The van der Waals surface area contributed by atoms with Crippen LogP contribution in [0.1, 0.15) is 5.69 Å². The van der Waals surface area contributed by atoms with Crippen LogP contribution in [-0.4, -0.2) is 4.57 Å². The molecule has 0 N–H and O–H groups in total. The number of hydrogen-bond donors (Lipinski definition) is 0. The fourth-order valence-corrected chi connectivity index (χ4v) is 2.00. The second-order valence-corrected chi connectivity index (χ2v) is 3.63. The molecule has 1 aromatic heterocycles. The third kappa shape index (κ3) is 1.42. The summed E-state index contributed by atoms with van der Waals surface area (Å²) in [5.41, 5.74) is 1.92. The Hall–Kier alpha value is -1.35. The van der Waals surface area contributed by atoms with Gasteiger partial charge in [-0.1, -0.05) is 29.5 Å². The summed E-state index contributed by atoms with van der Waals surface area (Å²) < 4.78 is 1.71. The van der Waals surface area contributed by atoms with E-state index in [-0.39, 0.29) is 4.87 Å². The zero-order valence-corrected chi connectivity index (χ0v) is 8.04. The highest BCUT2D eigenvalue weighted by atomic mass is 32.1. The van der Waals surface area contributed by atoms with E-state index in [1.807, 2.05) is 42.6 Å². The molecule has 0 saturated carbocycles. The maximum Gasteiger partial charge on any atom is 0.311 e. The lowest BCUT2D eigenvalue weighted by molar-refractivity contribution is 0.982. The van der Waals surface area contributed by atoms with Gasteiger partial charge in [0.25, 0.3) is 0 Å². The molecule has 1 aromatic carbocycles. The number of aryl methyl sites for hydroxylation is 1. The average molecular weight is 191 g/mol. The van der Waals surface area contributed by atoms with Gasteiger partial charge in [0.05, 0.1) is 0 Å². The van der Waals surface area contributed by atoms with Crippen LogP contribution in [-0.2, 0) is 0 Å².